The molecule has 2 heterocycles. The molecule has 0 aliphatic carbocycles. The lowest BCUT2D eigenvalue weighted by Crippen LogP contribution is -2.25. The first-order valence-corrected chi connectivity index (χ1v) is 10.8. The number of ether oxygens (including phenoxy) is 1. The lowest BCUT2D eigenvalue weighted by molar-refractivity contribution is -0.117. The number of amides is 1. The number of imidazole rings is 1. The predicted octanol–water partition coefficient (Wildman–Crippen LogP) is 5.08. The van der Waals surface area contributed by atoms with Gasteiger partial charge in [-0.25, -0.2) is 9.37 Å². The first-order valence-electron chi connectivity index (χ1n) is 10.8. The van der Waals surface area contributed by atoms with Crippen LogP contribution in [-0.4, -0.2) is 28.6 Å². The van der Waals surface area contributed by atoms with Gasteiger partial charge in [-0.15, -0.1) is 0 Å². The van der Waals surface area contributed by atoms with Crippen molar-refractivity contribution >= 4 is 22.6 Å². The minimum Gasteiger partial charge on any atom is -0.491 e. The number of halogens is 1. The molecule has 1 aromatic heterocycles. The lowest BCUT2D eigenvalue weighted by Gasteiger charge is -2.18. The van der Waals surface area contributed by atoms with Gasteiger partial charge in [0.05, 0.1) is 23.3 Å². The summed E-state index contributed by atoms with van der Waals surface area (Å²) in [5.74, 6) is 1.11. The van der Waals surface area contributed by atoms with Crippen molar-refractivity contribution in [3.05, 3.63) is 90.0 Å². The van der Waals surface area contributed by atoms with Crippen LogP contribution in [0.3, 0.4) is 0 Å². The van der Waals surface area contributed by atoms with E-state index in [-0.39, 0.29) is 17.6 Å². The van der Waals surface area contributed by atoms with Gasteiger partial charge in [0.1, 0.15) is 24.0 Å². The highest BCUT2D eigenvalue weighted by atomic mass is 19.1. The number of aromatic nitrogens is 2. The van der Waals surface area contributed by atoms with Crippen LogP contribution >= 0.6 is 0 Å². The quantitative estimate of drug-likeness (QED) is 0.429. The summed E-state index contributed by atoms with van der Waals surface area (Å²) in [5, 5.41) is 0. The molecular formula is C26H24FN3O2. The van der Waals surface area contributed by atoms with Crippen LogP contribution in [0.1, 0.15) is 23.7 Å². The van der Waals surface area contributed by atoms with Crippen molar-refractivity contribution in [1.82, 2.24) is 9.55 Å². The third-order valence-corrected chi connectivity index (χ3v) is 5.98. The average molecular weight is 429 g/mol. The number of hydrogen-bond acceptors (Lipinski definition) is 3. The Labute approximate surface area is 186 Å². The van der Waals surface area contributed by atoms with Gasteiger partial charge in [-0.3, -0.25) is 4.79 Å². The Morgan fingerprint density at radius 3 is 2.62 bits per heavy atom. The standard InChI is InChI=1S/C26H24FN3O2/c1-18-8-2-7-13-24(18)32-15-14-29-23-12-6-4-10-21(23)28-26(29)19-16-25(31)30(17-19)22-11-5-3-9-20(22)27/h2-13,19H,14-17H2,1H3/t19-/m0/s1. The zero-order valence-electron chi connectivity index (χ0n) is 17.9. The predicted molar refractivity (Wildman–Crippen MR) is 123 cm³/mol. The highest BCUT2D eigenvalue weighted by Crippen LogP contribution is 2.34. The highest BCUT2D eigenvalue weighted by molar-refractivity contribution is 5.96. The smallest absolute Gasteiger partial charge is 0.227 e. The molecule has 1 aliphatic rings. The maximum atomic E-state index is 14.3. The molecule has 1 aliphatic heterocycles. The zero-order valence-corrected chi connectivity index (χ0v) is 17.9. The Morgan fingerprint density at radius 1 is 1.03 bits per heavy atom. The largest absolute Gasteiger partial charge is 0.491 e. The first kappa shape index (κ1) is 20.2. The molecule has 0 saturated carbocycles. The van der Waals surface area contributed by atoms with Gasteiger partial charge < -0.3 is 14.2 Å². The van der Waals surface area contributed by atoms with Crippen LogP contribution in [0, 0.1) is 12.7 Å². The molecule has 1 saturated heterocycles. The summed E-state index contributed by atoms with van der Waals surface area (Å²) in [5.41, 5.74) is 3.30. The summed E-state index contributed by atoms with van der Waals surface area (Å²) < 4.78 is 22.5. The second-order valence-corrected chi connectivity index (χ2v) is 8.08. The molecule has 162 valence electrons. The van der Waals surface area contributed by atoms with E-state index >= 15 is 0 Å². The molecule has 5 rings (SSSR count). The van der Waals surface area contributed by atoms with E-state index < -0.39 is 0 Å². The number of anilines is 1. The van der Waals surface area contributed by atoms with Crippen molar-refractivity contribution in [2.24, 2.45) is 0 Å². The molecule has 0 spiro atoms. The summed E-state index contributed by atoms with van der Waals surface area (Å²) >= 11 is 0. The second-order valence-electron chi connectivity index (χ2n) is 8.08. The van der Waals surface area contributed by atoms with Gasteiger partial charge in [0.15, 0.2) is 0 Å². The number of benzene rings is 3. The number of carbonyl (C=O) groups excluding carboxylic acids is 1. The molecule has 1 amide bonds. The van der Waals surface area contributed by atoms with Crippen molar-refractivity contribution in [3.63, 3.8) is 0 Å². The van der Waals surface area contributed by atoms with Crippen molar-refractivity contribution < 1.29 is 13.9 Å². The molecular weight excluding hydrogens is 405 g/mol. The van der Waals surface area contributed by atoms with E-state index in [1.165, 1.54) is 11.0 Å². The number of fused-ring (bicyclic) bond motifs is 1. The van der Waals surface area contributed by atoms with Gasteiger partial charge in [0.25, 0.3) is 0 Å². The summed E-state index contributed by atoms with van der Waals surface area (Å²) in [6.45, 7) is 3.51. The van der Waals surface area contributed by atoms with Crippen molar-refractivity contribution in [2.75, 3.05) is 18.1 Å². The third kappa shape index (κ3) is 3.73. The molecule has 0 radical (unpaired) electrons. The van der Waals surface area contributed by atoms with E-state index in [0.717, 1.165) is 28.2 Å². The van der Waals surface area contributed by atoms with Gasteiger partial charge in [-0.1, -0.05) is 42.5 Å². The molecule has 0 unspecified atom stereocenters. The van der Waals surface area contributed by atoms with Crippen LogP contribution in [0.25, 0.3) is 11.0 Å². The summed E-state index contributed by atoms with van der Waals surface area (Å²) in [7, 11) is 0. The van der Waals surface area contributed by atoms with E-state index in [1.54, 1.807) is 18.2 Å². The first-order chi connectivity index (χ1) is 15.6. The Kier molecular flexibility index (Phi) is 5.35. The summed E-state index contributed by atoms with van der Waals surface area (Å²) in [6, 6.07) is 22.3. The molecule has 5 nitrogen and oxygen atoms in total. The number of rotatable bonds is 6. The van der Waals surface area contributed by atoms with Crippen molar-refractivity contribution in [2.45, 2.75) is 25.8 Å². The van der Waals surface area contributed by atoms with Gasteiger partial charge in [0, 0.05) is 18.9 Å². The van der Waals surface area contributed by atoms with E-state index in [9.17, 15) is 9.18 Å². The number of hydrogen-bond donors (Lipinski definition) is 0. The van der Waals surface area contributed by atoms with Crippen LogP contribution in [-0.2, 0) is 11.3 Å². The molecule has 0 N–H and O–H groups in total. The molecule has 0 bridgehead atoms. The maximum absolute atomic E-state index is 14.3. The Balaban J connectivity index is 1.42. The second kappa shape index (κ2) is 8.46. The normalized spacial score (nSPS) is 16.1. The fourth-order valence-electron chi connectivity index (χ4n) is 4.39. The highest BCUT2D eigenvalue weighted by Gasteiger charge is 2.35. The van der Waals surface area contributed by atoms with Crippen LogP contribution < -0.4 is 9.64 Å². The number of nitrogens with zero attached hydrogens (tertiary/aromatic N) is 3. The Bertz CT molecular complexity index is 1280. The molecule has 1 atom stereocenters. The number of aryl methyl sites for hydroxylation is 1. The van der Waals surface area contributed by atoms with E-state index in [1.807, 2.05) is 55.5 Å². The fraction of sp³-hybridized carbons (Fsp3) is 0.231. The Hall–Kier alpha value is -3.67. The molecule has 1 fully saturated rings. The SMILES string of the molecule is Cc1ccccc1OCCn1c([C@H]2CC(=O)N(c3ccccc3F)C2)nc2ccccc21. The molecule has 4 aromatic rings. The summed E-state index contributed by atoms with van der Waals surface area (Å²) in [6.07, 6.45) is 0.302. The number of para-hydroxylation sites is 4. The van der Waals surface area contributed by atoms with E-state index in [0.29, 0.717) is 31.8 Å². The fourth-order valence-corrected chi connectivity index (χ4v) is 4.39. The zero-order chi connectivity index (χ0) is 22.1. The van der Waals surface area contributed by atoms with Crippen molar-refractivity contribution in [1.29, 1.82) is 0 Å². The molecule has 6 heteroatoms. The van der Waals surface area contributed by atoms with Gasteiger partial charge >= 0.3 is 0 Å². The van der Waals surface area contributed by atoms with E-state index in [2.05, 4.69) is 4.57 Å². The van der Waals surface area contributed by atoms with Crippen LogP contribution in [0.2, 0.25) is 0 Å². The van der Waals surface area contributed by atoms with Crippen LogP contribution in [0.15, 0.2) is 72.8 Å². The monoisotopic (exact) mass is 429 g/mol. The minimum atomic E-state index is -0.387. The molecule has 32 heavy (non-hydrogen) atoms. The molecule has 3 aromatic carbocycles. The van der Waals surface area contributed by atoms with Crippen LogP contribution in [0.5, 0.6) is 5.75 Å². The summed E-state index contributed by atoms with van der Waals surface area (Å²) in [4.78, 5) is 19.2. The number of carbonyl (C=O) groups is 1. The maximum Gasteiger partial charge on any atom is 0.227 e. The van der Waals surface area contributed by atoms with Gasteiger partial charge in [-0.05, 0) is 42.8 Å². The van der Waals surface area contributed by atoms with Crippen molar-refractivity contribution in [3.8, 4) is 5.75 Å². The third-order valence-electron chi connectivity index (χ3n) is 5.98. The van der Waals surface area contributed by atoms with Gasteiger partial charge in [0.2, 0.25) is 5.91 Å². The topological polar surface area (TPSA) is 47.4 Å². The van der Waals surface area contributed by atoms with Crippen LogP contribution in [0.4, 0.5) is 10.1 Å². The van der Waals surface area contributed by atoms with Gasteiger partial charge in [-0.2, -0.15) is 0 Å². The lowest BCUT2D eigenvalue weighted by atomic mass is 10.1. The Morgan fingerprint density at radius 2 is 1.78 bits per heavy atom. The average Bonchev–Trinajstić information content (AvgIpc) is 3.36. The minimum absolute atomic E-state index is 0.0881. The van der Waals surface area contributed by atoms with E-state index in [4.69, 9.17) is 9.72 Å².